The van der Waals surface area contributed by atoms with Gasteiger partial charge in [0.05, 0.1) is 4.92 Å². The van der Waals surface area contributed by atoms with E-state index in [1.54, 1.807) is 12.1 Å². The van der Waals surface area contributed by atoms with Gasteiger partial charge >= 0.3 is 0 Å². The molecule has 1 aromatic rings. The van der Waals surface area contributed by atoms with Gasteiger partial charge in [0, 0.05) is 31.3 Å². The number of nitro groups is 1. The van der Waals surface area contributed by atoms with E-state index in [2.05, 4.69) is 10.2 Å². The van der Waals surface area contributed by atoms with Gasteiger partial charge in [-0.2, -0.15) is 0 Å². The van der Waals surface area contributed by atoms with Crippen molar-refractivity contribution in [3.63, 3.8) is 0 Å². The Morgan fingerprint density at radius 2 is 2.10 bits per heavy atom. The van der Waals surface area contributed by atoms with E-state index in [1.165, 1.54) is 24.9 Å². The van der Waals surface area contributed by atoms with Crippen LogP contribution in [0.5, 0.6) is 0 Å². The van der Waals surface area contributed by atoms with Crippen molar-refractivity contribution in [3.05, 3.63) is 39.9 Å². The van der Waals surface area contributed by atoms with E-state index in [4.69, 9.17) is 0 Å². The molecule has 112 valence electrons. The first-order chi connectivity index (χ1) is 9.20. The van der Waals surface area contributed by atoms with Gasteiger partial charge in [-0.1, -0.05) is 12.1 Å². The van der Waals surface area contributed by atoms with Crippen molar-refractivity contribution in [1.82, 2.24) is 10.2 Å². The standard InChI is InChI=1S/C14H21N3O2.ClH/c1-15-11-14-3-2-9-16(14)10-8-12-4-6-13(7-5-12)17(18)19;/h4-7,14-15H,2-3,8-11H2,1H3;1H. The summed E-state index contributed by atoms with van der Waals surface area (Å²) in [6.07, 6.45) is 3.49. The second-order valence-electron chi connectivity index (χ2n) is 5.06. The lowest BCUT2D eigenvalue weighted by Crippen LogP contribution is -2.37. The summed E-state index contributed by atoms with van der Waals surface area (Å²) < 4.78 is 0. The molecule has 6 heteroatoms. The molecular formula is C14H22ClN3O2. The van der Waals surface area contributed by atoms with E-state index in [9.17, 15) is 10.1 Å². The lowest BCUT2D eigenvalue weighted by molar-refractivity contribution is -0.384. The summed E-state index contributed by atoms with van der Waals surface area (Å²) in [6.45, 7) is 3.24. The molecule has 1 aromatic carbocycles. The van der Waals surface area contributed by atoms with Gasteiger partial charge in [0.15, 0.2) is 0 Å². The number of likely N-dealkylation sites (N-methyl/N-ethyl adjacent to an activating group) is 1. The molecule has 20 heavy (non-hydrogen) atoms. The van der Waals surface area contributed by atoms with Crippen LogP contribution in [0.4, 0.5) is 5.69 Å². The van der Waals surface area contributed by atoms with E-state index in [1.807, 2.05) is 19.2 Å². The van der Waals surface area contributed by atoms with Crippen LogP contribution in [0.2, 0.25) is 0 Å². The summed E-state index contributed by atoms with van der Waals surface area (Å²) in [5.74, 6) is 0. The number of nitro benzene ring substituents is 1. The molecule has 0 spiro atoms. The normalized spacial score (nSPS) is 18.8. The molecule has 1 aliphatic heterocycles. The van der Waals surface area contributed by atoms with Gasteiger partial charge in [-0.05, 0) is 38.4 Å². The highest BCUT2D eigenvalue weighted by atomic mass is 35.5. The number of nitrogens with zero attached hydrogens (tertiary/aromatic N) is 2. The maximum Gasteiger partial charge on any atom is 0.269 e. The number of hydrogen-bond donors (Lipinski definition) is 1. The van der Waals surface area contributed by atoms with Crippen LogP contribution in [0.3, 0.4) is 0 Å². The van der Waals surface area contributed by atoms with Crippen LogP contribution < -0.4 is 5.32 Å². The van der Waals surface area contributed by atoms with E-state index < -0.39 is 0 Å². The summed E-state index contributed by atoms with van der Waals surface area (Å²) in [5.41, 5.74) is 1.33. The second kappa shape index (κ2) is 8.19. The molecule has 0 aromatic heterocycles. The molecule has 1 heterocycles. The van der Waals surface area contributed by atoms with Crippen molar-refractivity contribution >= 4 is 18.1 Å². The van der Waals surface area contributed by atoms with Gasteiger partial charge < -0.3 is 5.32 Å². The first-order valence-electron chi connectivity index (χ1n) is 6.82. The molecular weight excluding hydrogens is 278 g/mol. The molecule has 0 radical (unpaired) electrons. The third-order valence-corrected chi connectivity index (χ3v) is 3.77. The van der Waals surface area contributed by atoms with Crippen molar-refractivity contribution in [2.45, 2.75) is 25.3 Å². The van der Waals surface area contributed by atoms with Crippen LogP contribution in [0.15, 0.2) is 24.3 Å². The number of halogens is 1. The van der Waals surface area contributed by atoms with Crippen molar-refractivity contribution < 1.29 is 4.92 Å². The van der Waals surface area contributed by atoms with Gasteiger partial charge in [-0.25, -0.2) is 0 Å². The minimum Gasteiger partial charge on any atom is -0.318 e. The Balaban J connectivity index is 0.00000200. The fourth-order valence-electron chi connectivity index (χ4n) is 2.71. The molecule has 0 saturated carbocycles. The Morgan fingerprint density at radius 1 is 1.40 bits per heavy atom. The smallest absolute Gasteiger partial charge is 0.269 e. The Kier molecular flexibility index (Phi) is 6.91. The maximum atomic E-state index is 10.6. The number of non-ortho nitro benzene ring substituents is 1. The summed E-state index contributed by atoms with van der Waals surface area (Å²) in [7, 11) is 1.99. The Hall–Kier alpha value is -1.17. The van der Waals surface area contributed by atoms with E-state index in [-0.39, 0.29) is 23.0 Å². The summed E-state index contributed by atoms with van der Waals surface area (Å²) in [5, 5.41) is 13.8. The van der Waals surface area contributed by atoms with E-state index in [0.29, 0.717) is 6.04 Å². The van der Waals surface area contributed by atoms with Crippen molar-refractivity contribution in [2.75, 3.05) is 26.7 Å². The number of likely N-dealkylation sites (tertiary alicyclic amines) is 1. The highest BCUT2D eigenvalue weighted by molar-refractivity contribution is 5.85. The monoisotopic (exact) mass is 299 g/mol. The molecule has 0 bridgehead atoms. The van der Waals surface area contributed by atoms with Crippen LogP contribution in [0.25, 0.3) is 0 Å². The minimum atomic E-state index is -0.354. The SMILES string of the molecule is CNCC1CCCN1CCc1ccc([N+](=O)[O-])cc1.Cl. The largest absolute Gasteiger partial charge is 0.318 e. The zero-order chi connectivity index (χ0) is 13.7. The van der Waals surface area contributed by atoms with Gasteiger partial charge in [0.25, 0.3) is 5.69 Å². The summed E-state index contributed by atoms with van der Waals surface area (Å²) in [6, 6.07) is 7.54. The quantitative estimate of drug-likeness (QED) is 0.646. The first-order valence-corrected chi connectivity index (χ1v) is 6.82. The van der Waals surface area contributed by atoms with Crippen LogP contribution in [-0.2, 0) is 6.42 Å². The van der Waals surface area contributed by atoms with Gasteiger partial charge in [-0.15, -0.1) is 12.4 Å². The van der Waals surface area contributed by atoms with Crippen molar-refractivity contribution in [1.29, 1.82) is 0 Å². The molecule has 1 fully saturated rings. The third-order valence-electron chi connectivity index (χ3n) is 3.77. The van der Waals surface area contributed by atoms with Crippen LogP contribution >= 0.6 is 12.4 Å². The fourth-order valence-corrected chi connectivity index (χ4v) is 2.71. The number of rotatable bonds is 6. The summed E-state index contributed by atoms with van der Waals surface area (Å²) in [4.78, 5) is 12.7. The molecule has 1 unspecified atom stereocenters. The third kappa shape index (κ3) is 4.44. The molecule has 1 atom stereocenters. The Morgan fingerprint density at radius 3 is 2.70 bits per heavy atom. The Labute approximate surface area is 125 Å². The highest BCUT2D eigenvalue weighted by Gasteiger charge is 2.23. The first kappa shape index (κ1) is 16.9. The zero-order valence-electron chi connectivity index (χ0n) is 11.7. The average molecular weight is 300 g/mol. The van der Waals surface area contributed by atoms with Crippen LogP contribution in [0.1, 0.15) is 18.4 Å². The van der Waals surface area contributed by atoms with Gasteiger partial charge in [-0.3, -0.25) is 15.0 Å². The zero-order valence-corrected chi connectivity index (χ0v) is 12.6. The summed E-state index contributed by atoms with van der Waals surface area (Å²) >= 11 is 0. The van der Waals surface area contributed by atoms with Crippen molar-refractivity contribution in [3.8, 4) is 0 Å². The van der Waals surface area contributed by atoms with E-state index in [0.717, 1.165) is 19.5 Å². The van der Waals surface area contributed by atoms with Gasteiger partial charge in [0.1, 0.15) is 0 Å². The number of hydrogen-bond acceptors (Lipinski definition) is 4. The predicted molar refractivity (Wildman–Crippen MR) is 82.6 cm³/mol. The predicted octanol–water partition coefficient (Wildman–Crippen LogP) is 2.24. The molecule has 5 nitrogen and oxygen atoms in total. The minimum absolute atomic E-state index is 0. The fraction of sp³-hybridized carbons (Fsp3) is 0.571. The average Bonchev–Trinajstić information content (AvgIpc) is 2.85. The number of benzene rings is 1. The second-order valence-corrected chi connectivity index (χ2v) is 5.06. The topological polar surface area (TPSA) is 58.4 Å². The molecule has 2 rings (SSSR count). The lowest BCUT2D eigenvalue weighted by atomic mass is 10.1. The molecule has 1 N–H and O–H groups in total. The highest BCUT2D eigenvalue weighted by Crippen LogP contribution is 2.18. The van der Waals surface area contributed by atoms with Crippen LogP contribution in [0, 0.1) is 10.1 Å². The van der Waals surface area contributed by atoms with Crippen molar-refractivity contribution in [2.24, 2.45) is 0 Å². The molecule has 1 aliphatic rings. The Bertz CT molecular complexity index is 425. The molecule has 0 amide bonds. The van der Waals surface area contributed by atoms with E-state index >= 15 is 0 Å². The molecule has 1 saturated heterocycles. The molecule has 0 aliphatic carbocycles. The number of nitrogens with one attached hydrogen (secondary N) is 1. The lowest BCUT2D eigenvalue weighted by Gasteiger charge is -2.24. The van der Waals surface area contributed by atoms with Crippen LogP contribution in [-0.4, -0.2) is 42.5 Å². The maximum absolute atomic E-state index is 10.6. The van der Waals surface area contributed by atoms with Gasteiger partial charge in [0.2, 0.25) is 0 Å².